The SMILES string of the molecule is O=C(NCc1cc(F)ccc1F)[C@@H]1CCCCN1. The fraction of sp³-hybridized carbons (Fsp3) is 0.462. The number of hydrogen-bond acceptors (Lipinski definition) is 2. The van der Waals surface area contributed by atoms with Gasteiger partial charge in [0.15, 0.2) is 0 Å². The van der Waals surface area contributed by atoms with E-state index >= 15 is 0 Å². The average Bonchev–Trinajstić information content (AvgIpc) is 2.40. The van der Waals surface area contributed by atoms with Crippen molar-refractivity contribution < 1.29 is 13.6 Å². The van der Waals surface area contributed by atoms with Crippen LogP contribution in [0.4, 0.5) is 8.78 Å². The van der Waals surface area contributed by atoms with E-state index in [4.69, 9.17) is 0 Å². The van der Waals surface area contributed by atoms with Crippen LogP contribution >= 0.6 is 0 Å². The summed E-state index contributed by atoms with van der Waals surface area (Å²) in [7, 11) is 0. The minimum atomic E-state index is -0.506. The van der Waals surface area contributed by atoms with Gasteiger partial charge in [-0.2, -0.15) is 0 Å². The predicted octanol–water partition coefficient (Wildman–Crippen LogP) is 1.72. The zero-order valence-electron chi connectivity index (χ0n) is 10.0. The molecule has 0 aromatic heterocycles. The highest BCUT2D eigenvalue weighted by atomic mass is 19.1. The second kappa shape index (κ2) is 5.91. The molecule has 1 amide bonds. The first kappa shape index (κ1) is 13.0. The molecule has 3 nitrogen and oxygen atoms in total. The molecule has 1 atom stereocenters. The van der Waals surface area contributed by atoms with Crippen LogP contribution in [0, 0.1) is 11.6 Å². The van der Waals surface area contributed by atoms with Crippen molar-refractivity contribution in [1.29, 1.82) is 0 Å². The summed E-state index contributed by atoms with van der Waals surface area (Å²) in [6, 6.07) is 3.01. The van der Waals surface area contributed by atoms with Gasteiger partial charge in [0, 0.05) is 12.1 Å². The van der Waals surface area contributed by atoms with Gasteiger partial charge in [0.25, 0.3) is 0 Å². The molecule has 1 aromatic carbocycles. The maximum atomic E-state index is 13.3. The highest BCUT2D eigenvalue weighted by Gasteiger charge is 2.20. The molecule has 98 valence electrons. The number of piperidine rings is 1. The van der Waals surface area contributed by atoms with Gasteiger partial charge in [0.2, 0.25) is 5.91 Å². The summed E-state index contributed by atoms with van der Waals surface area (Å²) in [6.07, 6.45) is 2.87. The standard InChI is InChI=1S/C13H16F2N2O/c14-10-4-5-11(15)9(7-10)8-17-13(18)12-3-1-2-6-16-12/h4-5,7,12,16H,1-3,6,8H2,(H,17,18)/t12-/m0/s1. The van der Waals surface area contributed by atoms with Gasteiger partial charge in [-0.25, -0.2) is 8.78 Å². The van der Waals surface area contributed by atoms with Crippen molar-refractivity contribution >= 4 is 5.91 Å². The van der Waals surface area contributed by atoms with E-state index in [0.717, 1.165) is 44.0 Å². The molecule has 0 unspecified atom stereocenters. The lowest BCUT2D eigenvalue weighted by atomic mass is 10.0. The zero-order valence-corrected chi connectivity index (χ0v) is 10.0. The fourth-order valence-electron chi connectivity index (χ4n) is 2.06. The largest absolute Gasteiger partial charge is 0.351 e. The molecule has 0 aliphatic carbocycles. The Morgan fingerprint density at radius 3 is 2.94 bits per heavy atom. The topological polar surface area (TPSA) is 41.1 Å². The Morgan fingerprint density at radius 2 is 2.22 bits per heavy atom. The third-order valence-electron chi connectivity index (χ3n) is 3.09. The number of amides is 1. The predicted molar refractivity (Wildman–Crippen MR) is 63.8 cm³/mol. The van der Waals surface area contributed by atoms with E-state index in [-0.39, 0.29) is 24.1 Å². The van der Waals surface area contributed by atoms with Gasteiger partial charge in [0.1, 0.15) is 11.6 Å². The summed E-state index contributed by atoms with van der Waals surface area (Å²) < 4.78 is 26.3. The van der Waals surface area contributed by atoms with Crippen LogP contribution in [0.1, 0.15) is 24.8 Å². The van der Waals surface area contributed by atoms with Gasteiger partial charge in [0.05, 0.1) is 6.04 Å². The number of benzene rings is 1. The van der Waals surface area contributed by atoms with Crippen LogP contribution in [0.25, 0.3) is 0 Å². The molecule has 1 aliphatic heterocycles. The van der Waals surface area contributed by atoms with Crippen molar-refractivity contribution in [3.8, 4) is 0 Å². The minimum absolute atomic E-state index is 0.0145. The third-order valence-corrected chi connectivity index (χ3v) is 3.09. The summed E-state index contributed by atoms with van der Waals surface area (Å²) in [4.78, 5) is 11.8. The van der Waals surface area contributed by atoms with E-state index in [0.29, 0.717) is 0 Å². The number of hydrogen-bond donors (Lipinski definition) is 2. The van der Waals surface area contributed by atoms with Crippen molar-refractivity contribution in [2.45, 2.75) is 31.8 Å². The van der Waals surface area contributed by atoms with Gasteiger partial charge in [-0.15, -0.1) is 0 Å². The van der Waals surface area contributed by atoms with E-state index in [9.17, 15) is 13.6 Å². The van der Waals surface area contributed by atoms with Crippen molar-refractivity contribution in [1.82, 2.24) is 10.6 Å². The molecule has 0 radical (unpaired) electrons. The lowest BCUT2D eigenvalue weighted by Crippen LogP contribution is -2.46. The second-order valence-electron chi connectivity index (χ2n) is 4.46. The first-order valence-electron chi connectivity index (χ1n) is 6.12. The Hall–Kier alpha value is -1.49. The Bertz CT molecular complexity index is 431. The average molecular weight is 254 g/mol. The summed E-state index contributed by atoms with van der Waals surface area (Å²) in [6.45, 7) is 0.840. The number of carbonyl (C=O) groups is 1. The molecule has 2 rings (SSSR count). The van der Waals surface area contributed by atoms with Gasteiger partial charge in [-0.1, -0.05) is 6.42 Å². The molecular formula is C13H16F2N2O. The molecule has 1 fully saturated rings. The quantitative estimate of drug-likeness (QED) is 0.862. The van der Waals surface area contributed by atoms with Crippen molar-refractivity contribution in [2.75, 3.05) is 6.54 Å². The minimum Gasteiger partial charge on any atom is -0.351 e. The van der Waals surface area contributed by atoms with Crippen LogP contribution in [0.5, 0.6) is 0 Å². The van der Waals surface area contributed by atoms with Gasteiger partial charge >= 0.3 is 0 Å². The molecule has 1 aliphatic rings. The van der Waals surface area contributed by atoms with Crippen LogP contribution in [0.2, 0.25) is 0 Å². The summed E-state index contributed by atoms with van der Waals surface area (Å²) >= 11 is 0. The molecule has 2 N–H and O–H groups in total. The fourth-order valence-corrected chi connectivity index (χ4v) is 2.06. The Balaban J connectivity index is 1.90. The smallest absolute Gasteiger partial charge is 0.237 e. The highest BCUT2D eigenvalue weighted by Crippen LogP contribution is 2.10. The van der Waals surface area contributed by atoms with Crippen molar-refractivity contribution in [3.05, 3.63) is 35.4 Å². The molecule has 1 heterocycles. The maximum Gasteiger partial charge on any atom is 0.237 e. The highest BCUT2D eigenvalue weighted by molar-refractivity contribution is 5.81. The van der Waals surface area contributed by atoms with E-state index < -0.39 is 11.6 Å². The summed E-state index contributed by atoms with van der Waals surface area (Å²) in [5, 5.41) is 5.73. The third kappa shape index (κ3) is 3.26. The first-order chi connectivity index (χ1) is 8.66. The van der Waals surface area contributed by atoms with Crippen molar-refractivity contribution in [3.63, 3.8) is 0 Å². The maximum absolute atomic E-state index is 13.3. The van der Waals surface area contributed by atoms with Gasteiger partial charge < -0.3 is 10.6 Å². The number of halogens is 2. The second-order valence-corrected chi connectivity index (χ2v) is 4.46. The van der Waals surface area contributed by atoms with Crippen LogP contribution in [0.3, 0.4) is 0 Å². The molecule has 1 aromatic rings. The normalized spacial score (nSPS) is 19.6. The molecule has 1 saturated heterocycles. The Labute approximate surface area is 105 Å². The van der Waals surface area contributed by atoms with Gasteiger partial charge in [-0.3, -0.25) is 4.79 Å². The van der Waals surface area contributed by atoms with E-state index in [1.165, 1.54) is 0 Å². The van der Waals surface area contributed by atoms with Crippen LogP contribution in [0.15, 0.2) is 18.2 Å². The number of rotatable bonds is 3. The zero-order chi connectivity index (χ0) is 13.0. The Morgan fingerprint density at radius 1 is 1.39 bits per heavy atom. The van der Waals surface area contributed by atoms with Crippen molar-refractivity contribution in [2.24, 2.45) is 0 Å². The van der Waals surface area contributed by atoms with Crippen LogP contribution < -0.4 is 10.6 Å². The van der Waals surface area contributed by atoms with E-state index in [1.54, 1.807) is 0 Å². The lowest BCUT2D eigenvalue weighted by molar-refractivity contribution is -0.123. The summed E-state index contributed by atoms with van der Waals surface area (Å²) in [5.74, 6) is -1.16. The first-order valence-corrected chi connectivity index (χ1v) is 6.12. The molecular weight excluding hydrogens is 238 g/mol. The van der Waals surface area contributed by atoms with Crippen LogP contribution in [-0.2, 0) is 11.3 Å². The molecule has 0 bridgehead atoms. The van der Waals surface area contributed by atoms with E-state index in [1.807, 2.05) is 0 Å². The molecule has 18 heavy (non-hydrogen) atoms. The molecule has 5 heteroatoms. The molecule has 0 saturated carbocycles. The number of nitrogens with one attached hydrogen (secondary N) is 2. The molecule has 0 spiro atoms. The van der Waals surface area contributed by atoms with Gasteiger partial charge in [-0.05, 0) is 37.6 Å². The lowest BCUT2D eigenvalue weighted by Gasteiger charge is -2.22. The monoisotopic (exact) mass is 254 g/mol. The van der Waals surface area contributed by atoms with Crippen LogP contribution in [-0.4, -0.2) is 18.5 Å². The summed E-state index contributed by atoms with van der Waals surface area (Å²) in [5.41, 5.74) is 0.166. The van der Waals surface area contributed by atoms with E-state index in [2.05, 4.69) is 10.6 Å². The Kier molecular flexibility index (Phi) is 4.25. The number of carbonyl (C=O) groups excluding carboxylic acids is 1.